The van der Waals surface area contributed by atoms with Crippen molar-refractivity contribution in [2.24, 2.45) is 0 Å². The average molecular weight is 257 g/mol. The lowest BCUT2D eigenvalue weighted by atomic mass is 9.98. The molecule has 0 bridgehead atoms. The zero-order valence-electron chi connectivity index (χ0n) is 11.8. The summed E-state index contributed by atoms with van der Waals surface area (Å²) >= 11 is 0. The van der Waals surface area contributed by atoms with Gasteiger partial charge in [0.2, 0.25) is 0 Å². The topological polar surface area (TPSA) is 53.1 Å². The number of H-pyrrole nitrogens is 1. The van der Waals surface area contributed by atoms with Crippen LogP contribution in [0.3, 0.4) is 0 Å². The van der Waals surface area contributed by atoms with Crippen LogP contribution >= 0.6 is 0 Å². The third kappa shape index (κ3) is 2.41. The number of aromatic amines is 1. The van der Waals surface area contributed by atoms with E-state index in [4.69, 9.17) is 0 Å². The third-order valence-electron chi connectivity index (χ3n) is 3.53. The highest BCUT2D eigenvalue weighted by molar-refractivity contribution is 5.89. The fourth-order valence-electron chi connectivity index (χ4n) is 2.24. The van der Waals surface area contributed by atoms with Crippen LogP contribution < -0.4 is 5.56 Å². The quantitative estimate of drug-likeness (QED) is 0.810. The molecule has 0 radical (unpaired) electrons. The van der Waals surface area contributed by atoms with Crippen molar-refractivity contribution >= 4 is 10.9 Å². The first-order valence-corrected chi connectivity index (χ1v) is 6.41. The predicted octanol–water partition coefficient (Wildman–Crippen LogP) is 3.36. The van der Waals surface area contributed by atoms with E-state index in [0.29, 0.717) is 5.56 Å². The monoisotopic (exact) mass is 257 g/mol. The second-order valence-corrected chi connectivity index (χ2v) is 5.08. The number of phenolic OH excluding ortho intramolecular Hbond substituents is 1. The summed E-state index contributed by atoms with van der Waals surface area (Å²) in [5.74, 6) is 0.265. The number of aryl methyl sites for hydroxylation is 2. The van der Waals surface area contributed by atoms with E-state index in [1.54, 1.807) is 13.0 Å². The average Bonchev–Trinajstić information content (AvgIpc) is 2.37. The maximum absolute atomic E-state index is 11.7. The van der Waals surface area contributed by atoms with Gasteiger partial charge in [-0.05, 0) is 57.4 Å². The first-order chi connectivity index (χ1) is 8.93. The van der Waals surface area contributed by atoms with Crippen LogP contribution in [0, 0.1) is 13.8 Å². The number of aromatic hydroxyl groups is 1. The number of nitrogens with one attached hydrogen (secondary N) is 1. The second-order valence-electron chi connectivity index (χ2n) is 5.08. The molecule has 0 unspecified atom stereocenters. The van der Waals surface area contributed by atoms with Crippen molar-refractivity contribution in [2.45, 2.75) is 34.1 Å². The third-order valence-corrected chi connectivity index (χ3v) is 3.53. The van der Waals surface area contributed by atoms with Crippen LogP contribution in [0.15, 0.2) is 28.6 Å². The lowest BCUT2D eigenvalue weighted by molar-refractivity contribution is 0.475. The van der Waals surface area contributed by atoms with Crippen LogP contribution in [0.4, 0.5) is 0 Å². The molecule has 1 heterocycles. The predicted molar refractivity (Wildman–Crippen MR) is 78.8 cm³/mol. The van der Waals surface area contributed by atoms with E-state index >= 15 is 0 Å². The summed E-state index contributed by atoms with van der Waals surface area (Å²) in [6, 6.07) is 3.70. The first-order valence-electron chi connectivity index (χ1n) is 6.41. The molecule has 3 heteroatoms. The molecular formula is C16H19NO2. The summed E-state index contributed by atoms with van der Waals surface area (Å²) < 4.78 is 0. The molecule has 0 saturated heterocycles. The molecule has 0 atom stereocenters. The molecule has 0 amide bonds. The van der Waals surface area contributed by atoms with Crippen molar-refractivity contribution in [3.63, 3.8) is 0 Å². The Balaban J connectivity index is 2.74. The Kier molecular flexibility index (Phi) is 3.47. The van der Waals surface area contributed by atoms with E-state index < -0.39 is 0 Å². The first kappa shape index (κ1) is 13.4. The number of rotatable bonds is 2. The molecule has 2 N–H and O–H groups in total. The Morgan fingerprint density at radius 1 is 1.32 bits per heavy atom. The van der Waals surface area contributed by atoms with Gasteiger partial charge >= 0.3 is 0 Å². The standard InChI is InChI=1S/C16H19NO2/c1-5-9(2)6-12-7-10(3)14-13(15(12)18)8-11(4)16(19)17-14/h5,7-8,18H,6H2,1-4H3,(H,17,19). The van der Waals surface area contributed by atoms with Crippen LogP contribution in [0.25, 0.3) is 10.9 Å². The maximum atomic E-state index is 11.7. The summed E-state index contributed by atoms with van der Waals surface area (Å²) in [6.45, 7) is 7.72. The van der Waals surface area contributed by atoms with Crippen molar-refractivity contribution < 1.29 is 5.11 Å². The SMILES string of the molecule is CC=C(C)Cc1cc(C)c2[nH]c(=O)c(C)cc2c1O. The molecule has 1 aromatic heterocycles. The number of hydrogen-bond acceptors (Lipinski definition) is 2. The fraction of sp³-hybridized carbons (Fsp3) is 0.312. The molecule has 3 nitrogen and oxygen atoms in total. The molecule has 0 aliphatic carbocycles. The number of fused-ring (bicyclic) bond motifs is 1. The Morgan fingerprint density at radius 2 is 2.00 bits per heavy atom. The van der Waals surface area contributed by atoms with E-state index in [0.717, 1.165) is 28.5 Å². The molecule has 1 aromatic carbocycles. The van der Waals surface area contributed by atoms with Crippen LogP contribution in [-0.4, -0.2) is 10.1 Å². The zero-order chi connectivity index (χ0) is 14.2. The van der Waals surface area contributed by atoms with Crippen LogP contribution in [0.1, 0.15) is 30.5 Å². The van der Waals surface area contributed by atoms with Gasteiger partial charge in [0.15, 0.2) is 0 Å². The van der Waals surface area contributed by atoms with E-state index in [1.807, 2.05) is 32.9 Å². The summed E-state index contributed by atoms with van der Waals surface area (Å²) in [6.07, 6.45) is 2.76. The normalized spacial score (nSPS) is 12.1. The Bertz CT molecular complexity index is 724. The molecular weight excluding hydrogens is 238 g/mol. The summed E-state index contributed by atoms with van der Waals surface area (Å²) in [5, 5.41) is 11.1. The summed E-state index contributed by atoms with van der Waals surface area (Å²) in [7, 11) is 0. The molecule has 0 aliphatic rings. The summed E-state index contributed by atoms with van der Waals surface area (Å²) in [4.78, 5) is 14.5. The number of hydrogen-bond donors (Lipinski definition) is 2. The van der Waals surface area contributed by atoms with Gasteiger partial charge in [-0.1, -0.05) is 11.6 Å². The molecule has 100 valence electrons. The number of phenols is 1. The largest absolute Gasteiger partial charge is 0.507 e. The van der Waals surface area contributed by atoms with Gasteiger partial charge in [-0.15, -0.1) is 0 Å². The highest BCUT2D eigenvalue weighted by atomic mass is 16.3. The van der Waals surface area contributed by atoms with Crippen molar-refractivity contribution in [1.82, 2.24) is 4.98 Å². The van der Waals surface area contributed by atoms with Gasteiger partial charge in [0.05, 0.1) is 5.52 Å². The minimum absolute atomic E-state index is 0.104. The van der Waals surface area contributed by atoms with Gasteiger partial charge in [0, 0.05) is 10.9 Å². The Hall–Kier alpha value is -2.03. The van der Waals surface area contributed by atoms with E-state index in [-0.39, 0.29) is 11.3 Å². The molecule has 2 aromatic rings. The molecule has 19 heavy (non-hydrogen) atoms. The lowest BCUT2D eigenvalue weighted by Crippen LogP contribution is -2.09. The number of pyridine rings is 1. The maximum Gasteiger partial charge on any atom is 0.251 e. The van der Waals surface area contributed by atoms with Crippen molar-refractivity contribution in [2.75, 3.05) is 0 Å². The Morgan fingerprint density at radius 3 is 2.63 bits per heavy atom. The van der Waals surface area contributed by atoms with E-state index in [2.05, 4.69) is 4.98 Å². The molecule has 0 aliphatic heterocycles. The zero-order valence-corrected chi connectivity index (χ0v) is 11.8. The minimum atomic E-state index is -0.104. The van der Waals surface area contributed by atoms with E-state index in [9.17, 15) is 9.90 Å². The van der Waals surface area contributed by atoms with Gasteiger partial charge < -0.3 is 10.1 Å². The number of allylic oxidation sites excluding steroid dienone is 2. The Labute approximate surface area is 112 Å². The molecule has 0 saturated carbocycles. The van der Waals surface area contributed by atoms with Crippen LogP contribution in [-0.2, 0) is 6.42 Å². The molecule has 2 rings (SSSR count). The highest BCUT2D eigenvalue weighted by Gasteiger charge is 2.11. The van der Waals surface area contributed by atoms with Gasteiger partial charge in [-0.25, -0.2) is 0 Å². The van der Waals surface area contributed by atoms with Gasteiger partial charge in [-0.3, -0.25) is 4.79 Å². The van der Waals surface area contributed by atoms with Crippen molar-refractivity contribution in [1.29, 1.82) is 0 Å². The fourth-order valence-corrected chi connectivity index (χ4v) is 2.24. The van der Waals surface area contributed by atoms with Crippen molar-refractivity contribution in [3.8, 4) is 5.75 Å². The lowest BCUT2D eigenvalue weighted by Gasteiger charge is -2.11. The van der Waals surface area contributed by atoms with E-state index in [1.165, 1.54) is 5.57 Å². The number of benzene rings is 1. The molecule has 0 fully saturated rings. The summed E-state index contributed by atoms with van der Waals surface area (Å²) in [5.41, 5.74) is 4.30. The van der Waals surface area contributed by atoms with Crippen molar-refractivity contribution in [3.05, 3.63) is 50.8 Å². The van der Waals surface area contributed by atoms with Gasteiger partial charge in [0.25, 0.3) is 5.56 Å². The van der Waals surface area contributed by atoms with Gasteiger partial charge in [-0.2, -0.15) is 0 Å². The number of aromatic nitrogens is 1. The smallest absolute Gasteiger partial charge is 0.251 e. The highest BCUT2D eigenvalue weighted by Crippen LogP contribution is 2.31. The van der Waals surface area contributed by atoms with Crippen LogP contribution in [0.2, 0.25) is 0 Å². The minimum Gasteiger partial charge on any atom is -0.507 e. The van der Waals surface area contributed by atoms with Gasteiger partial charge in [0.1, 0.15) is 5.75 Å². The second kappa shape index (κ2) is 4.92. The van der Waals surface area contributed by atoms with Crippen LogP contribution in [0.5, 0.6) is 5.75 Å². The molecule has 0 spiro atoms.